The molecule has 2 nitrogen and oxygen atoms in total. The number of nitrogens with zero attached hydrogens (tertiary/aromatic N) is 1. The molecule has 0 aromatic heterocycles. The second-order valence-electron chi connectivity index (χ2n) is 5.99. The topological polar surface area (TPSA) is 15.3 Å². The predicted molar refractivity (Wildman–Crippen MR) is 72.5 cm³/mol. The number of hydrogen-bond donors (Lipinski definition) is 1. The predicted octanol–water partition coefficient (Wildman–Crippen LogP) is 2.71. The Hall–Kier alpha value is -1.09. The van der Waals surface area contributed by atoms with Crippen LogP contribution >= 0.6 is 0 Å². The summed E-state index contributed by atoms with van der Waals surface area (Å²) in [5.74, 6) is 0.684. The quantitative estimate of drug-likeness (QED) is 0.865. The van der Waals surface area contributed by atoms with Crippen molar-refractivity contribution < 1.29 is 4.39 Å². The lowest BCUT2D eigenvalue weighted by molar-refractivity contribution is 0.284. The molecule has 3 rings (SSSR count). The van der Waals surface area contributed by atoms with Gasteiger partial charge in [-0.1, -0.05) is 6.07 Å². The molecule has 1 aliphatic carbocycles. The zero-order valence-corrected chi connectivity index (χ0v) is 11.2. The molecule has 1 aromatic carbocycles. The molecule has 1 N–H and O–H groups in total. The van der Waals surface area contributed by atoms with Crippen molar-refractivity contribution in [2.45, 2.75) is 32.2 Å². The first kappa shape index (κ1) is 12.0. The Morgan fingerprint density at radius 2 is 2.17 bits per heavy atom. The van der Waals surface area contributed by atoms with E-state index in [-0.39, 0.29) is 11.4 Å². The van der Waals surface area contributed by atoms with Gasteiger partial charge in [0.1, 0.15) is 5.82 Å². The molecule has 0 amide bonds. The van der Waals surface area contributed by atoms with Gasteiger partial charge < -0.3 is 10.2 Å². The summed E-state index contributed by atoms with van der Waals surface area (Å²) in [6.07, 6.45) is 2.63. The number of rotatable bonds is 2. The van der Waals surface area contributed by atoms with Crippen LogP contribution in [0.1, 0.15) is 25.3 Å². The van der Waals surface area contributed by atoms with E-state index in [0.717, 1.165) is 36.8 Å². The van der Waals surface area contributed by atoms with Gasteiger partial charge in [0.25, 0.3) is 0 Å². The molecule has 18 heavy (non-hydrogen) atoms. The molecule has 0 spiro atoms. The minimum absolute atomic E-state index is 0.0879. The van der Waals surface area contributed by atoms with Gasteiger partial charge in [0.2, 0.25) is 0 Å². The summed E-state index contributed by atoms with van der Waals surface area (Å²) >= 11 is 0. The lowest BCUT2D eigenvalue weighted by Crippen LogP contribution is -2.60. The third-order valence-electron chi connectivity index (χ3n) is 4.35. The van der Waals surface area contributed by atoms with Crippen LogP contribution in [0.3, 0.4) is 0 Å². The lowest BCUT2D eigenvalue weighted by Gasteiger charge is -2.43. The van der Waals surface area contributed by atoms with E-state index in [1.807, 2.05) is 19.1 Å². The van der Waals surface area contributed by atoms with Gasteiger partial charge in [0.05, 0.1) is 5.69 Å². The van der Waals surface area contributed by atoms with Crippen LogP contribution in [0.15, 0.2) is 18.2 Å². The van der Waals surface area contributed by atoms with Gasteiger partial charge in [-0.3, -0.25) is 0 Å². The molecule has 2 fully saturated rings. The molecular formula is C15H21FN2. The fraction of sp³-hybridized carbons (Fsp3) is 0.600. The van der Waals surface area contributed by atoms with E-state index in [0.29, 0.717) is 0 Å². The van der Waals surface area contributed by atoms with Crippen molar-refractivity contribution in [3.05, 3.63) is 29.6 Å². The van der Waals surface area contributed by atoms with E-state index in [9.17, 15) is 4.39 Å². The largest absolute Gasteiger partial charge is 0.366 e. The molecule has 1 saturated carbocycles. The lowest BCUT2D eigenvalue weighted by atomic mass is 9.92. The summed E-state index contributed by atoms with van der Waals surface area (Å²) in [4.78, 5) is 2.20. The highest BCUT2D eigenvalue weighted by Gasteiger charge is 2.44. The molecule has 1 aromatic rings. The van der Waals surface area contributed by atoms with Gasteiger partial charge in [-0.15, -0.1) is 0 Å². The van der Waals surface area contributed by atoms with Gasteiger partial charge in [-0.05, 0) is 50.3 Å². The normalized spacial score (nSPS) is 28.5. The molecule has 1 aliphatic heterocycles. The first-order valence-electron chi connectivity index (χ1n) is 6.85. The van der Waals surface area contributed by atoms with Crippen molar-refractivity contribution in [2.75, 3.05) is 24.5 Å². The van der Waals surface area contributed by atoms with Crippen LogP contribution in [0.25, 0.3) is 0 Å². The fourth-order valence-electron chi connectivity index (χ4n) is 3.08. The maximum absolute atomic E-state index is 14.0. The molecule has 1 heterocycles. The number of benzene rings is 1. The first-order valence-corrected chi connectivity index (χ1v) is 6.85. The van der Waals surface area contributed by atoms with E-state index >= 15 is 0 Å². The van der Waals surface area contributed by atoms with Crippen molar-refractivity contribution in [3.63, 3.8) is 0 Å². The molecule has 1 saturated heterocycles. The van der Waals surface area contributed by atoms with E-state index in [4.69, 9.17) is 0 Å². The third kappa shape index (κ3) is 2.12. The van der Waals surface area contributed by atoms with Gasteiger partial charge in [0.15, 0.2) is 0 Å². The average molecular weight is 248 g/mol. The van der Waals surface area contributed by atoms with Gasteiger partial charge >= 0.3 is 0 Å². The Labute approximate surface area is 108 Å². The SMILES string of the molecule is Cc1ccc(N2CCNC(C)(C3CC3)C2)c(F)c1. The average Bonchev–Trinajstić information content (AvgIpc) is 3.12. The van der Waals surface area contributed by atoms with Crippen molar-refractivity contribution >= 4 is 5.69 Å². The monoisotopic (exact) mass is 248 g/mol. The van der Waals surface area contributed by atoms with Crippen molar-refractivity contribution in [2.24, 2.45) is 5.92 Å². The van der Waals surface area contributed by atoms with Crippen molar-refractivity contribution in [3.8, 4) is 0 Å². The number of aryl methyl sites for hydroxylation is 1. The molecule has 1 atom stereocenters. The first-order chi connectivity index (χ1) is 8.58. The molecule has 2 aliphatic rings. The van der Waals surface area contributed by atoms with E-state index in [1.165, 1.54) is 12.8 Å². The highest BCUT2D eigenvalue weighted by molar-refractivity contribution is 5.50. The Bertz CT molecular complexity index is 456. The fourth-order valence-corrected chi connectivity index (χ4v) is 3.08. The van der Waals surface area contributed by atoms with Gasteiger partial charge in [-0.2, -0.15) is 0 Å². The number of anilines is 1. The van der Waals surface area contributed by atoms with Crippen LogP contribution in [0.4, 0.5) is 10.1 Å². The summed E-state index contributed by atoms with van der Waals surface area (Å²) in [5.41, 5.74) is 1.90. The molecule has 0 bridgehead atoms. The summed E-state index contributed by atoms with van der Waals surface area (Å²) < 4.78 is 14.0. The summed E-state index contributed by atoms with van der Waals surface area (Å²) in [5, 5.41) is 3.62. The molecule has 0 radical (unpaired) electrons. The van der Waals surface area contributed by atoms with Crippen LogP contribution in [0.5, 0.6) is 0 Å². The molecule has 3 heteroatoms. The number of halogens is 1. The van der Waals surface area contributed by atoms with Crippen LogP contribution in [-0.2, 0) is 0 Å². The smallest absolute Gasteiger partial charge is 0.146 e. The molecule has 1 unspecified atom stereocenters. The number of hydrogen-bond acceptors (Lipinski definition) is 2. The van der Waals surface area contributed by atoms with E-state index in [2.05, 4.69) is 17.1 Å². The third-order valence-corrected chi connectivity index (χ3v) is 4.35. The minimum Gasteiger partial charge on any atom is -0.366 e. The zero-order valence-electron chi connectivity index (χ0n) is 11.2. The Balaban J connectivity index is 1.83. The summed E-state index contributed by atoms with van der Waals surface area (Å²) in [6, 6.07) is 5.55. The highest BCUT2D eigenvalue weighted by atomic mass is 19.1. The maximum atomic E-state index is 14.0. The van der Waals surface area contributed by atoms with E-state index in [1.54, 1.807) is 6.07 Å². The van der Waals surface area contributed by atoms with Gasteiger partial charge in [0, 0.05) is 25.2 Å². The van der Waals surface area contributed by atoms with Crippen molar-refractivity contribution in [1.82, 2.24) is 5.32 Å². The molecule has 98 valence electrons. The molecular weight excluding hydrogens is 227 g/mol. The van der Waals surface area contributed by atoms with Crippen molar-refractivity contribution in [1.29, 1.82) is 0 Å². The highest BCUT2D eigenvalue weighted by Crippen LogP contribution is 2.41. The van der Waals surface area contributed by atoms with Crippen LogP contribution in [0.2, 0.25) is 0 Å². The van der Waals surface area contributed by atoms with Crippen LogP contribution < -0.4 is 10.2 Å². The standard InChI is InChI=1S/C15H21FN2/c1-11-3-6-14(13(16)9-11)18-8-7-17-15(2,10-18)12-4-5-12/h3,6,9,12,17H,4-5,7-8,10H2,1-2H3. The second kappa shape index (κ2) is 4.23. The van der Waals surface area contributed by atoms with E-state index < -0.39 is 0 Å². The minimum atomic E-state index is -0.0879. The Morgan fingerprint density at radius 1 is 1.39 bits per heavy atom. The second-order valence-corrected chi connectivity index (χ2v) is 5.99. The number of nitrogens with one attached hydrogen (secondary N) is 1. The summed E-state index contributed by atoms with van der Waals surface area (Å²) in [7, 11) is 0. The zero-order chi connectivity index (χ0) is 12.8. The Kier molecular flexibility index (Phi) is 2.81. The summed E-state index contributed by atoms with van der Waals surface area (Å²) in [6.45, 7) is 6.96. The van der Waals surface area contributed by atoms with Crippen LogP contribution in [0, 0.1) is 18.7 Å². The number of piperazine rings is 1. The Morgan fingerprint density at radius 3 is 2.83 bits per heavy atom. The van der Waals surface area contributed by atoms with Crippen LogP contribution in [-0.4, -0.2) is 25.2 Å². The maximum Gasteiger partial charge on any atom is 0.146 e. The van der Waals surface area contributed by atoms with Gasteiger partial charge in [-0.25, -0.2) is 4.39 Å².